The van der Waals surface area contributed by atoms with Gasteiger partial charge < -0.3 is 25.2 Å². The van der Waals surface area contributed by atoms with Gasteiger partial charge in [0.1, 0.15) is 5.60 Å². The molecular formula is C13H22N2O5. The van der Waals surface area contributed by atoms with E-state index in [9.17, 15) is 19.8 Å². The average Bonchev–Trinajstić information content (AvgIpc) is 2.86. The summed E-state index contributed by atoms with van der Waals surface area (Å²) in [5.74, 6) is 0. The number of rotatable bonds is 2. The molecule has 7 nitrogen and oxygen atoms in total. The molecule has 2 fully saturated rings. The molecule has 2 unspecified atom stereocenters. The van der Waals surface area contributed by atoms with Crippen molar-refractivity contribution in [1.82, 2.24) is 10.2 Å². The van der Waals surface area contributed by atoms with Crippen LogP contribution in [-0.4, -0.2) is 57.1 Å². The number of amides is 2. The number of likely N-dealkylation sites (tertiary alicyclic amines) is 1. The van der Waals surface area contributed by atoms with Gasteiger partial charge in [0.2, 0.25) is 0 Å². The van der Waals surface area contributed by atoms with Crippen molar-refractivity contribution in [3.05, 3.63) is 0 Å². The molecule has 2 rings (SSSR count). The van der Waals surface area contributed by atoms with Gasteiger partial charge in [-0.15, -0.1) is 0 Å². The summed E-state index contributed by atoms with van der Waals surface area (Å²) in [6.07, 6.45) is 0.0172. The van der Waals surface area contributed by atoms with Gasteiger partial charge in [0, 0.05) is 6.54 Å². The van der Waals surface area contributed by atoms with E-state index < -0.39 is 29.4 Å². The zero-order valence-corrected chi connectivity index (χ0v) is 12.0. The topological polar surface area (TPSA) is 99.1 Å². The zero-order valence-electron chi connectivity index (χ0n) is 12.0. The predicted molar refractivity (Wildman–Crippen MR) is 70.5 cm³/mol. The lowest BCUT2D eigenvalue weighted by Crippen LogP contribution is -2.43. The maximum absolute atomic E-state index is 11.7. The Hall–Kier alpha value is -1.50. The maximum atomic E-state index is 11.7. The van der Waals surface area contributed by atoms with Crippen molar-refractivity contribution in [2.45, 2.75) is 63.3 Å². The molecule has 20 heavy (non-hydrogen) atoms. The number of carbonyl (C=O) groups excluding carboxylic acids is 1. The minimum Gasteiger partial charge on any atom is -0.465 e. The Balaban J connectivity index is 1.95. The van der Waals surface area contributed by atoms with Crippen LogP contribution >= 0.6 is 0 Å². The molecule has 2 atom stereocenters. The van der Waals surface area contributed by atoms with Gasteiger partial charge >= 0.3 is 12.2 Å². The normalized spacial score (nSPS) is 28.1. The standard InChI is InChI=1S/C13H22N2O5/c1-12(2,3)20-10(16)14-8-6-9(13(19)4-5-13)15(7-8)11(17)18/h8-9,19H,4-7H2,1-3H3,(H,14,16)(H,17,18). The molecule has 3 N–H and O–H groups in total. The monoisotopic (exact) mass is 286 g/mol. The van der Waals surface area contributed by atoms with E-state index in [1.807, 2.05) is 0 Å². The van der Waals surface area contributed by atoms with Crippen molar-refractivity contribution in [2.24, 2.45) is 0 Å². The molecule has 0 aromatic carbocycles. The van der Waals surface area contributed by atoms with E-state index in [1.165, 1.54) is 4.90 Å². The summed E-state index contributed by atoms with van der Waals surface area (Å²) in [6.45, 7) is 5.48. The average molecular weight is 286 g/mol. The van der Waals surface area contributed by atoms with E-state index in [0.717, 1.165) is 0 Å². The van der Waals surface area contributed by atoms with Crippen LogP contribution in [0.25, 0.3) is 0 Å². The zero-order chi connectivity index (χ0) is 15.1. The maximum Gasteiger partial charge on any atom is 0.407 e. The van der Waals surface area contributed by atoms with Crippen LogP contribution in [0.5, 0.6) is 0 Å². The Kier molecular flexibility index (Phi) is 3.58. The highest BCUT2D eigenvalue weighted by molar-refractivity contribution is 5.69. The quantitative estimate of drug-likeness (QED) is 0.707. The van der Waals surface area contributed by atoms with E-state index in [0.29, 0.717) is 19.3 Å². The molecule has 1 aliphatic carbocycles. The van der Waals surface area contributed by atoms with Crippen LogP contribution in [-0.2, 0) is 4.74 Å². The number of carboxylic acid groups (broad SMARTS) is 1. The minimum absolute atomic E-state index is 0.182. The highest BCUT2D eigenvalue weighted by atomic mass is 16.6. The number of carbonyl (C=O) groups is 2. The van der Waals surface area contributed by atoms with Gasteiger partial charge in [0.05, 0.1) is 17.7 Å². The lowest BCUT2D eigenvalue weighted by Gasteiger charge is -2.25. The molecule has 2 aliphatic rings. The van der Waals surface area contributed by atoms with E-state index in [2.05, 4.69) is 5.32 Å². The third kappa shape index (κ3) is 3.33. The largest absolute Gasteiger partial charge is 0.465 e. The number of ether oxygens (including phenoxy) is 1. The van der Waals surface area contributed by atoms with E-state index in [1.54, 1.807) is 20.8 Å². The van der Waals surface area contributed by atoms with Crippen molar-refractivity contribution in [1.29, 1.82) is 0 Å². The van der Waals surface area contributed by atoms with Gasteiger partial charge in [-0.05, 0) is 40.0 Å². The van der Waals surface area contributed by atoms with E-state index in [4.69, 9.17) is 4.74 Å². The Morgan fingerprint density at radius 1 is 1.35 bits per heavy atom. The van der Waals surface area contributed by atoms with Crippen molar-refractivity contribution in [2.75, 3.05) is 6.54 Å². The first kappa shape index (κ1) is 14.9. The summed E-state index contributed by atoms with van der Waals surface area (Å²) in [5.41, 5.74) is -1.51. The first-order valence-electron chi connectivity index (χ1n) is 6.82. The Bertz CT molecular complexity index is 413. The van der Waals surface area contributed by atoms with Crippen molar-refractivity contribution in [3.63, 3.8) is 0 Å². The number of nitrogens with one attached hydrogen (secondary N) is 1. The molecule has 1 heterocycles. The van der Waals surface area contributed by atoms with Crippen LogP contribution in [0.1, 0.15) is 40.0 Å². The fourth-order valence-corrected chi connectivity index (χ4v) is 2.60. The fourth-order valence-electron chi connectivity index (χ4n) is 2.60. The van der Waals surface area contributed by atoms with Crippen LogP contribution in [0, 0.1) is 0 Å². The van der Waals surface area contributed by atoms with Gasteiger partial charge in [0.15, 0.2) is 0 Å². The van der Waals surface area contributed by atoms with Gasteiger partial charge in [-0.2, -0.15) is 0 Å². The Morgan fingerprint density at radius 2 is 1.95 bits per heavy atom. The Morgan fingerprint density at radius 3 is 2.40 bits per heavy atom. The lowest BCUT2D eigenvalue weighted by atomic mass is 10.1. The molecule has 0 radical (unpaired) electrons. The summed E-state index contributed by atoms with van der Waals surface area (Å²) in [7, 11) is 0. The molecule has 1 saturated heterocycles. The molecule has 0 aromatic heterocycles. The summed E-state index contributed by atoms with van der Waals surface area (Å²) in [5, 5.41) is 22.0. The molecule has 0 bridgehead atoms. The lowest BCUT2D eigenvalue weighted by molar-refractivity contribution is 0.0498. The third-order valence-electron chi connectivity index (χ3n) is 3.65. The van der Waals surface area contributed by atoms with Crippen LogP contribution in [0.2, 0.25) is 0 Å². The van der Waals surface area contributed by atoms with Gasteiger partial charge in [-0.1, -0.05) is 0 Å². The molecular weight excluding hydrogens is 264 g/mol. The van der Waals surface area contributed by atoms with Crippen molar-refractivity contribution >= 4 is 12.2 Å². The van der Waals surface area contributed by atoms with Crippen molar-refractivity contribution in [3.8, 4) is 0 Å². The smallest absolute Gasteiger partial charge is 0.407 e. The molecule has 1 saturated carbocycles. The highest BCUT2D eigenvalue weighted by Crippen LogP contribution is 2.44. The molecule has 114 valence electrons. The third-order valence-corrected chi connectivity index (χ3v) is 3.65. The predicted octanol–water partition coefficient (Wildman–Crippen LogP) is 1.16. The van der Waals surface area contributed by atoms with Crippen LogP contribution in [0.3, 0.4) is 0 Å². The van der Waals surface area contributed by atoms with Gasteiger partial charge in [0.25, 0.3) is 0 Å². The first-order chi connectivity index (χ1) is 9.11. The molecule has 0 spiro atoms. The number of hydrogen-bond donors (Lipinski definition) is 3. The first-order valence-corrected chi connectivity index (χ1v) is 6.82. The summed E-state index contributed by atoms with van der Waals surface area (Å²) < 4.78 is 5.15. The van der Waals surface area contributed by atoms with E-state index >= 15 is 0 Å². The SMILES string of the molecule is CC(C)(C)OC(=O)NC1CC(C2(O)CC2)N(C(=O)O)C1. The van der Waals surface area contributed by atoms with E-state index in [-0.39, 0.29) is 12.6 Å². The Labute approximate surface area is 117 Å². The summed E-state index contributed by atoms with van der Waals surface area (Å²) in [4.78, 5) is 24.1. The number of aliphatic hydroxyl groups is 1. The molecule has 0 aromatic rings. The second-order valence-electron chi connectivity index (χ2n) is 6.63. The molecule has 2 amide bonds. The molecule has 1 aliphatic heterocycles. The number of alkyl carbamates (subject to hydrolysis) is 1. The van der Waals surface area contributed by atoms with Crippen LogP contribution < -0.4 is 5.32 Å². The second kappa shape index (κ2) is 4.80. The minimum atomic E-state index is -1.07. The van der Waals surface area contributed by atoms with Gasteiger partial charge in [-0.25, -0.2) is 9.59 Å². The fraction of sp³-hybridized carbons (Fsp3) is 0.846. The number of nitrogens with zero attached hydrogens (tertiary/aromatic N) is 1. The van der Waals surface area contributed by atoms with Crippen LogP contribution in [0.15, 0.2) is 0 Å². The van der Waals surface area contributed by atoms with Crippen LogP contribution in [0.4, 0.5) is 9.59 Å². The summed E-state index contributed by atoms with van der Waals surface area (Å²) >= 11 is 0. The highest BCUT2D eigenvalue weighted by Gasteiger charge is 2.55. The second-order valence-corrected chi connectivity index (χ2v) is 6.63. The number of hydrogen-bond acceptors (Lipinski definition) is 4. The van der Waals surface area contributed by atoms with Gasteiger partial charge in [-0.3, -0.25) is 0 Å². The summed E-state index contributed by atoms with van der Waals surface area (Å²) in [6, 6.07) is -0.768. The van der Waals surface area contributed by atoms with Crippen molar-refractivity contribution < 1.29 is 24.5 Å². The molecule has 7 heteroatoms.